The van der Waals surface area contributed by atoms with Crippen molar-refractivity contribution in [2.45, 2.75) is 32.2 Å². The molecule has 106 valence electrons. The lowest BCUT2D eigenvalue weighted by Crippen LogP contribution is -2.35. The second-order valence-corrected chi connectivity index (χ2v) is 5.28. The third kappa shape index (κ3) is 3.28. The molecule has 1 heterocycles. The highest BCUT2D eigenvalue weighted by molar-refractivity contribution is 5.40. The van der Waals surface area contributed by atoms with Crippen LogP contribution < -0.4 is 15.4 Å². The van der Waals surface area contributed by atoms with Crippen molar-refractivity contribution in [2.24, 2.45) is 5.92 Å². The summed E-state index contributed by atoms with van der Waals surface area (Å²) < 4.78 is 5.56. The van der Waals surface area contributed by atoms with Crippen LogP contribution in [0.15, 0.2) is 18.2 Å². The van der Waals surface area contributed by atoms with Crippen LogP contribution in [0.1, 0.15) is 36.9 Å². The van der Waals surface area contributed by atoms with Gasteiger partial charge in [0.15, 0.2) is 0 Å². The maximum atomic E-state index is 5.56. The summed E-state index contributed by atoms with van der Waals surface area (Å²) >= 11 is 0. The number of methoxy groups -OCH3 is 1. The highest BCUT2D eigenvalue weighted by atomic mass is 16.5. The van der Waals surface area contributed by atoms with E-state index in [1.165, 1.54) is 24.0 Å². The van der Waals surface area contributed by atoms with Gasteiger partial charge in [-0.15, -0.1) is 0 Å². The molecule has 1 aliphatic heterocycles. The first kappa shape index (κ1) is 14.4. The van der Waals surface area contributed by atoms with Crippen LogP contribution in [0.4, 0.5) is 0 Å². The Morgan fingerprint density at radius 2 is 2.11 bits per heavy atom. The van der Waals surface area contributed by atoms with Crippen LogP contribution in [-0.4, -0.2) is 27.2 Å². The van der Waals surface area contributed by atoms with E-state index in [1.54, 1.807) is 7.11 Å². The van der Waals surface area contributed by atoms with Gasteiger partial charge in [0.1, 0.15) is 5.75 Å². The molecule has 0 spiro atoms. The van der Waals surface area contributed by atoms with Crippen molar-refractivity contribution in [3.63, 3.8) is 0 Å². The molecule has 2 rings (SSSR count). The van der Waals surface area contributed by atoms with Gasteiger partial charge in [-0.1, -0.05) is 19.1 Å². The highest BCUT2D eigenvalue weighted by Crippen LogP contribution is 2.34. The fraction of sp³-hybridized carbons (Fsp3) is 0.625. The summed E-state index contributed by atoms with van der Waals surface area (Å²) in [7, 11) is 3.82. The van der Waals surface area contributed by atoms with Crippen molar-refractivity contribution in [3.05, 3.63) is 29.3 Å². The molecule has 0 bridgehead atoms. The number of piperidine rings is 1. The molecule has 19 heavy (non-hydrogen) atoms. The number of aryl methyl sites for hydroxylation is 1. The van der Waals surface area contributed by atoms with Gasteiger partial charge >= 0.3 is 0 Å². The quantitative estimate of drug-likeness (QED) is 0.855. The van der Waals surface area contributed by atoms with Crippen LogP contribution in [0.5, 0.6) is 5.75 Å². The highest BCUT2D eigenvalue weighted by Gasteiger charge is 2.26. The minimum absolute atomic E-state index is 0.392. The number of benzene rings is 1. The molecule has 1 aromatic rings. The molecule has 1 fully saturated rings. The zero-order valence-electron chi connectivity index (χ0n) is 12.3. The average Bonchev–Trinajstić information content (AvgIpc) is 2.49. The molecule has 3 nitrogen and oxygen atoms in total. The van der Waals surface area contributed by atoms with E-state index in [-0.39, 0.29) is 0 Å². The third-order valence-corrected chi connectivity index (χ3v) is 4.20. The second-order valence-electron chi connectivity index (χ2n) is 5.28. The summed E-state index contributed by atoms with van der Waals surface area (Å²) in [5.41, 5.74) is 2.70. The summed E-state index contributed by atoms with van der Waals surface area (Å²) in [4.78, 5) is 0. The lowest BCUT2D eigenvalue weighted by molar-refractivity contribution is 0.286. The summed E-state index contributed by atoms with van der Waals surface area (Å²) in [5.74, 6) is 1.70. The predicted octanol–water partition coefficient (Wildman–Crippen LogP) is 2.52. The van der Waals surface area contributed by atoms with Crippen molar-refractivity contribution in [2.75, 3.05) is 27.2 Å². The van der Waals surface area contributed by atoms with Gasteiger partial charge in [-0.25, -0.2) is 0 Å². The van der Waals surface area contributed by atoms with Crippen LogP contribution in [0.2, 0.25) is 0 Å². The maximum absolute atomic E-state index is 5.56. The van der Waals surface area contributed by atoms with E-state index in [1.807, 2.05) is 0 Å². The summed E-state index contributed by atoms with van der Waals surface area (Å²) in [6.45, 7) is 4.45. The normalized spacial score (nSPS) is 18.3. The molecule has 0 amide bonds. The zero-order chi connectivity index (χ0) is 13.7. The molecule has 1 aromatic carbocycles. The Bertz CT molecular complexity index is 400. The van der Waals surface area contributed by atoms with E-state index < -0.39 is 0 Å². The van der Waals surface area contributed by atoms with Crippen LogP contribution in [0, 0.1) is 5.92 Å². The SMILES string of the molecule is CCc1ccc(OC)c(C(NC)C2CCNCC2)c1. The molecule has 1 atom stereocenters. The van der Waals surface area contributed by atoms with E-state index in [0.29, 0.717) is 12.0 Å². The van der Waals surface area contributed by atoms with E-state index in [0.717, 1.165) is 25.3 Å². The van der Waals surface area contributed by atoms with Gasteiger partial charge in [-0.2, -0.15) is 0 Å². The maximum Gasteiger partial charge on any atom is 0.123 e. The zero-order valence-corrected chi connectivity index (χ0v) is 12.3. The molecule has 1 aliphatic rings. The van der Waals surface area contributed by atoms with Crippen LogP contribution in [-0.2, 0) is 6.42 Å². The Labute approximate surface area is 116 Å². The molecule has 0 saturated carbocycles. The molecule has 0 aromatic heterocycles. The smallest absolute Gasteiger partial charge is 0.123 e. The Kier molecular flexibility index (Phi) is 5.23. The second kappa shape index (κ2) is 6.92. The molecule has 1 saturated heterocycles. The first-order valence-electron chi connectivity index (χ1n) is 7.35. The van der Waals surface area contributed by atoms with Gasteiger partial charge in [-0.3, -0.25) is 0 Å². The number of nitrogens with one attached hydrogen (secondary N) is 2. The van der Waals surface area contributed by atoms with E-state index in [9.17, 15) is 0 Å². The fourth-order valence-electron chi connectivity index (χ4n) is 3.07. The minimum atomic E-state index is 0.392. The van der Waals surface area contributed by atoms with Gasteiger partial charge < -0.3 is 15.4 Å². The van der Waals surface area contributed by atoms with E-state index >= 15 is 0 Å². The molecular weight excluding hydrogens is 236 g/mol. The third-order valence-electron chi connectivity index (χ3n) is 4.20. The Balaban J connectivity index is 2.29. The predicted molar refractivity (Wildman–Crippen MR) is 79.8 cm³/mol. The molecule has 0 aliphatic carbocycles. The Morgan fingerprint density at radius 3 is 2.68 bits per heavy atom. The Hall–Kier alpha value is -1.06. The van der Waals surface area contributed by atoms with E-state index in [4.69, 9.17) is 4.74 Å². The first-order valence-corrected chi connectivity index (χ1v) is 7.35. The molecule has 0 radical (unpaired) electrons. The average molecular weight is 262 g/mol. The monoisotopic (exact) mass is 262 g/mol. The Morgan fingerprint density at radius 1 is 1.37 bits per heavy atom. The topological polar surface area (TPSA) is 33.3 Å². The molecule has 2 N–H and O–H groups in total. The summed E-state index contributed by atoms with van der Waals surface area (Å²) in [6.07, 6.45) is 3.52. The van der Waals surface area contributed by atoms with Crippen molar-refractivity contribution in [1.29, 1.82) is 0 Å². The van der Waals surface area contributed by atoms with Crippen LogP contribution >= 0.6 is 0 Å². The van der Waals surface area contributed by atoms with Gasteiger partial charge in [0.2, 0.25) is 0 Å². The summed E-state index contributed by atoms with van der Waals surface area (Å²) in [5, 5.41) is 6.94. The number of ether oxygens (including phenoxy) is 1. The molecular formula is C16H26N2O. The fourth-order valence-corrected chi connectivity index (χ4v) is 3.07. The summed E-state index contributed by atoms with van der Waals surface area (Å²) in [6, 6.07) is 6.97. The van der Waals surface area contributed by atoms with Crippen molar-refractivity contribution in [3.8, 4) is 5.75 Å². The van der Waals surface area contributed by atoms with Crippen molar-refractivity contribution < 1.29 is 4.74 Å². The molecule has 1 unspecified atom stereocenters. The van der Waals surface area contributed by atoms with Crippen LogP contribution in [0.25, 0.3) is 0 Å². The number of rotatable bonds is 5. The van der Waals surface area contributed by atoms with Gasteiger partial charge in [0, 0.05) is 11.6 Å². The van der Waals surface area contributed by atoms with Gasteiger partial charge in [0.25, 0.3) is 0 Å². The largest absolute Gasteiger partial charge is 0.496 e. The van der Waals surface area contributed by atoms with Gasteiger partial charge in [-0.05, 0) is 56.9 Å². The number of hydrogen-bond acceptors (Lipinski definition) is 3. The standard InChI is InChI=1S/C16H26N2O/c1-4-12-5-6-15(19-3)14(11-12)16(17-2)13-7-9-18-10-8-13/h5-6,11,13,16-18H,4,7-10H2,1-3H3. The van der Waals surface area contributed by atoms with Crippen LogP contribution in [0.3, 0.4) is 0 Å². The lowest BCUT2D eigenvalue weighted by atomic mass is 9.85. The van der Waals surface area contributed by atoms with Crippen molar-refractivity contribution in [1.82, 2.24) is 10.6 Å². The van der Waals surface area contributed by atoms with E-state index in [2.05, 4.69) is 42.8 Å². The first-order chi connectivity index (χ1) is 9.30. The van der Waals surface area contributed by atoms with Gasteiger partial charge in [0.05, 0.1) is 7.11 Å². The number of hydrogen-bond donors (Lipinski definition) is 2. The lowest BCUT2D eigenvalue weighted by Gasteiger charge is -2.32. The minimum Gasteiger partial charge on any atom is -0.496 e. The van der Waals surface area contributed by atoms with Crippen molar-refractivity contribution >= 4 is 0 Å². The molecule has 3 heteroatoms.